The SMILES string of the molecule is COc1ccc(CNc2nnc(C(C)C)c3cc(-c4cccc(Cl)c4)ccc23)c(OC)c1. The second-order valence-electron chi connectivity index (χ2n) is 7.89. The summed E-state index contributed by atoms with van der Waals surface area (Å²) in [5.74, 6) is 2.50. The molecule has 0 amide bonds. The van der Waals surface area contributed by atoms with E-state index in [1.165, 1.54) is 0 Å². The number of aromatic nitrogens is 2. The topological polar surface area (TPSA) is 56.3 Å². The van der Waals surface area contributed by atoms with Gasteiger partial charge in [0.2, 0.25) is 0 Å². The van der Waals surface area contributed by atoms with Gasteiger partial charge in [-0.1, -0.05) is 43.6 Å². The third-order valence-corrected chi connectivity index (χ3v) is 5.69. The molecule has 0 saturated heterocycles. The summed E-state index contributed by atoms with van der Waals surface area (Å²) in [7, 11) is 3.30. The van der Waals surface area contributed by atoms with E-state index in [1.54, 1.807) is 14.2 Å². The highest BCUT2D eigenvalue weighted by Crippen LogP contribution is 2.33. The number of hydrogen-bond donors (Lipinski definition) is 1. The van der Waals surface area contributed by atoms with Crippen molar-refractivity contribution in [2.75, 3.05) is 19.5 Å². The fourth-order valence-electron chi connectivity index (χ4n) is 3.76. The van der Waals surface area contributed by atoms with Gasteiger partial charge in [0.25, 0.3) is 0 Å². The average Bonchev–Trinajstić information content (AvgIpc) is 2.81. The van der Waals surface area contributed by atoms with Gasteiger partial charge < -0.3 is 14.8 Å². The van der Waals surface area contributed by atoms with Crippen LogP contribution in [0.25, 0.3) is 21.9 Å². The number of halogens is 1. The largest absolute Gasteiger partial charge is 0.497 e. The quantitative estimate of drug-likeness (QED) is 0.341. The minimum absolute atomic E-state index is 0.246. The third kappa shape index (κ3) is 4.48. The van der Waals surface area contributed by atoms with Crippen molar-refractivity contribution in [3.63, 3.8) is 0 Å². The van der Waals surface area contributed by atoms with Crippen molar-refractivity contribution in [3.05, 3.63) is 76.9 Å². The first-order valence-corrected chi connectivity index (χ1v) is 10.9. The summed E-state index contributed by atoms with van der Waals surface area (Å²) in [6.45, 7) is 4.81. The lowest BCUT2D eigenvalue weighted by Crippen LogP contribution is -2.07. The molecule has 4 aromatic rings. The van der Waals surface area contributed by atoms with Gasteiger partial charge in [-0.3, -0.25) is 0 Å². The first-order valence-electron chi connectivity index (χ1n) is 10.5. The van der Waals surface area contributed by atoms with Crippen molar-refractivity contribution in [2.24, 2.45) is 0 Å². The molecular formula is C26H26ClN3O2. The number of methoxy groups -OCH3 is 2. The van der Waals surface area contributed by atoms with Crippen LogP contribution in [-0.2, 0) is 6.54 Å². The zero-order chi connectivity index (χ0) is 22.7. The van der Waals surface area contributed by atoms with Gasteiger partial charge in [-0.25, -0.2) is 0 Å². The summed E-state index contributed by atoms with van der Waals surface area (Å²) in [5, 5.41) is 15.3. The molecule has 3 aromatic carbocycles. The molecule has 6 heteroatoms. The van der Waals surface area contributed by atoms with Gasteiger partial charge in [0.15, 0.2) is 5.82 Å². The molecule has 0 fully saturated rings. The van der Waals surface area contributed by atoms with Crippen LogP contribution in [0.5, 0.6) is 11.5 Å². The molecule has 0 aliphatic heterocycles. The van der Waals surface area contributed by atoms with Crippen molar-refractivity contribution in [3.8, 4) is 22.6 Å². The van der Waals surface area contributed by atoms with Gasteiger partial charge in [-0.2, -0.15) is 5.10 Å². The Labute approximate surface area is 193 Å². The fourth-order valence-corrected chi connectivity index (χ4v) is 3.95. The van der Waals surface area contributed by atoms with Crippen LogP contribution in [0.1, 0.15) is 31.0 Å². The lowest BCUT2D eigenvalue weighted by atomic mass is 9.97. The molecule has 0 saturated carbocycles. The first kappa shape index (κ1) is 21.9. The number of fused-ring (bicyclic) bond motifs is 1. The third-order valence-electron chi connectivity index (χ3n) is 5.45. The van der Waals surface area contributed by atoms with Crippen LogP contribution in [-0.4, -0.2) is 24.4 Å². The van der Waals surface area contributed by atoms with E-state index in [1.807, 2.05) is 36.4 Å². The van der Waals surface area contributed by atoms with Crippen molar-refractivity contribution in [1.82, 2.24) is 10.2 Å². The molecule has 0 atom stereocenters. The predicted octanol–water partition coefficient (Wildman–Crippen LogP) is 6.70. The van der Waals surface area contributed by atoms with Crippen LogP contribution in [0.4, 0.5) is 5.82 Å². The molecule has 1 heterocycles. The number of rotatable bonds is 7. The molecule has 0 aliphatic rings. The summed E-state index contributed by atoms with van der Waals surface area (Å²) in [6, 6.07) is 20.0. The first-order chi connectivity index (χ1) is 15.5. The predicted molar refractivity (Wildman–Crippen MR) is 131 cm³/mol. The van der Waals surface area contributed by atoms with E-state index >= 15 is 0 Å². The monoisotopic (exact) mass is 447 g/mol. The molecule has 32 heavy (non-hydrogen) atoms. The van der Waals surface area contributed by atoms with Gasteiger partial charge in [0.05, 0.1) is 19.9 Å². The molecule has 0 unspecified atom stereocenters. The Morgan fingerprint density at radius 1 is 0.875 bits per heavy atom. The Morgan fingerprint density at radius 2 is 1.69 bits per heavy atom. The molecule has 1 aromatic heterocycles. The number of benzene rings is 3. The van der Waals surface area contributed by atoms with Crippen LogP contribution in [0.2, 0.25) is 5.02 Å². The van der Waals surface area contributed by atoms with Crippen LogP contribution < -0.4 is 14.8 Å². The van der Waals surface area contributed by atoms with Crippen molar-refractivity contribution < 1.29 is 9.47 Å². The second kappa shape index (κ2) is 9.45. The highest BCUT2D eigenvalue weighted by Gasteiger charge is 2.14. The number of hydrogen-bond acceptors (Lipinski definition) is 5. The standard InChI is InChI=1S/C26H26ClN3O2/c1-16(2)25-23-13-18(17-6-5-7-20(27)12-17)9-11-22(23)26(30-29-25)28-15-19-8-10-21(31-3)14-24(19)32-4/h5-14,16H,15H2,1-4H3,(H,28,30). The van der Waals surface area contributed by atoms with Gasteiger partial charge >= 0.3 is 0 Å². The lowest BCUT2D eigenvalue weighted by Gasteiger charge is -2.15. The van der Waals surface area contributed by atoms with Gasteiger partial charge in [-0.05, 0) is 53.4 Å². The van der Waals surface area contributed by atoms with Crippen molar-refractivity contribution >= 4 is 28.2 Å². The van der Waals surface area contributed by atoms with E-state index < -0.39 is 0 Å². The van der Waals surface area contributed by atoms with Crippen LogP contribution in [0.15, 0.2) is 60.7 Å². The molecule has 0 radical (unpaired) electrons. The molecule has 4 rings (SSSR count). The molecule has 0 spiro atoms. The van der Waals surface area contributed by atoms with Gasteiger partial charge in [0.1, 0.15) is 11.5 Å². The Hall–Kier alpha value is -3.31. The summed E-state index contributed by atoms with van der Waals surface area (Å²) < 4.78 is 10.8. The van der Waals surface area contributed by atoms with Gasteiger partial charge in [-0.15, -0.1) is 5.10 Å². The van der Waals surface area contributed by atoms with E-state index in [0.717, 1.165) is 55.5 Å². The second-order valence-corrected chi connectivity index (χ2v) is 8.33. The summed E-state index contributed by atoms with van der Waals surface area (Å²) >= 11 is 6.21. The number of nitrogens with zero attached hydrogens (tertiary/aromatic N) is 2. The number of anilines is 1. The smallest absolute Gasteiger partial charge is 0.156 e. The Balaban J connectivity index is 1.72. The van der Waals surface area contributed by atoms with Crippen molar-refractivity contribution in [1.29, 1.82) is 0 Å². The average molecular weight is 448 g/mol. The lowest BCUT2D eigenvalue weighted by molar-refractivity contribution is 0.391. The zero-order valence-corrected chi connectivity index (χ0v) is 19.4. The van der Waals surface area contributed by atoms with E-state index in [4.69, 9.17) is 21.1 Å². The van der Waals surface area contributed by atoms with E-state index in [9.17, 15) is 0 Å². The van der Waals surface area contributed by atoms with Crippen LogP contribution in [0, 0.1) is 0 Å². The zero-order valence-electron chi connectivity index (χ0n) is 18.6. The maximum Gasteiger partial charge on any atom is 0.156 e. The number of ether oxygens (including phenoxy) is 2. The van der Waals surface area contributed by atoms with Crippen LogP contribution in [0.3, 0.4) is 0 Å². The summed E-state index contributed by atoms with van der Waals surface area (Å²) in [4.78, 5) is 0. The molecule has 164 valence electrons. The maximum absolute atomic E-state index is 6.21. The minimum atomic E-state index is 0.246. The normalized spacial score (nSPS) is 11.1. The summed E-state index contributed by atoms with van der Waals surface area (Å²) in [6.07, 6.45) is 0. The highest BCUT2D eigenvalue weighted by molar-refractivity contribution is 6.30. The highest BCUT2D eigenvalue weighted by atomic mass is 35.5. The molecule has 0 aliphatic carbocycles. The minimum Gasteiger partial charge on any atom is -0.497 e. The van der Waals surface area contributed by atoms with E-state index in [2.05, 4.69) is 53.6 Å². The van der Waals surface area contributed by atoms with Crippen LogP contribution >= 0.6 is 11.6 Å². The molecule has 1 N–H and O–H groups in total. The Kier molecular flexibility index (Phi) is 6.47. The Bertz CT molecular complexity index is 1260. The van der Waals surface area contributed by atoms with Crippen molar-refractivity contribution in [2.45, 2.75) is 26.3 Å². The molecular weight excluding hydrogens is 422 g/mol. The molecule has 5 nitrogen and oxygen atoms in total. The Morgan fingerprint density at radius 3 is 2.41 bits per heavy atom. The van der Waals surface area contributed by atoms with E-state index in [0.29, 0.717) is 6.54 Å². The van der Waals surface area contributed by atoms with Gasteiger partial charge in [0, 0.05) is 34.0 Å². The fraction of sp³-hybridized carbons (Fsp3) is 0.231. The maximum atomic E-state index is 6.21. The summed E-state index contributed by atoms with van der Waals surface area (Å²) in [5.41, 5.74) is 4.14. The van der Waals surface area contributed by atoms with E-state index in [-0.39, 0.29) is 5.92 Å². The number of nitrogens with one attached hydrogen (secondary N) is 1. The molecule has 0 bridgehead atoms.